The number of nitrogens with zero attached hydrogens (tertiary/aromatic N) is 5. The van der Waals surface area contributed by atoms with Gasteiger partial charge in [-0.1, -0.05) is 0 Å². The lowest BCUT2D eigenvalue weighted by Crippen LogP contribution is -2.20. The van der Waals surface area contributed by atoms with Gasteiger partial charge in [-0.15, -0.1) is 0 Å². The summed E-state index contributed by atoms with van der Waals surface area (Å²) in [6.07, 6.45) is 9.09. The summed E-state index contributed by atoms with van der Waals surface area (Å²) >= 11 is 0. The Morgan fingerprint density at radius 2 is 1.83 bits per heavy atom. The van der Waals surface area contributed by atoms with E-state index >= 15 is 0 Å². The third-order valence-corrected chi connectivity index (χ3v) is 5.72. The van der Waals surface area contributed by atoms with Crippen molar-refractivity contribution in [2.75, 3.05) is 13.2 Å². The minimum Gasteiger partial charge on any atom is -0.358 e. The molecule has 0 N–H and O–H groups in total. The molecule has 2 fully saturated rings. The van der Waals surface area contributed by atoms with Gasteiger partial charge in [0.15, 0.2) is 6.23 Å². The van der Waals surface area contributed by atoms with E-state index < -0.39 is 0 Å². The lowest BCUT2D eigenvalue weighted by Gasteiger charge is -2.25. The zero-order valence-corrected chi connectivity index (χ0v) is 16.1. The third-order valence-electron chi connectivity index (χ3n) is 5.72. The Labute approximate surface area is 167 Å². The largest absolute Gasteiger partial charge is 0.358 e. The molecule has 1 aromatic carbocycles. The van der Waals surface area contributed by atoms with E-state index in [1.165, 1.54) is 0 Å². The van der Waals surface area contributed by atoms with Crippen molar-refractivity contribution in [1.29, 1.82) is 0 Å². The van der Waals surface area contributed by atoms with Crippen LogP contribution in [0.25, 0.3) is 22.3 Å². The summed E-state index contributed by atoms with van der Waals surface area (Å²) in [5, 5.41) is 16.1. The van der Waals surface area contributed by atoms with Gasteiger partial charge in [-0.25, -0.2) is 9.67 Å². The van der Waals surface area contributed by atoms with E-state index in [0.717, 1.165) is 44.2 Å². The third kappa shape index (κ3) is 3.30. The molecule has 2 aliphatic rings. The van der Waals surface area contributed by atoms with Crippen molar-refractivity contribution >= 4 is 16.7 Å². The summed E-state index contributed by atoms with van der Waals surface area (Å²) in [7, 11) is 0. The van der Waals surface area contributed by atoms with Gasteiger partial charge in [0.2, 0.25) is 0 Å². The fraction of sp³-hybridized carbons (Fsp3) is 0.500. The molecule has 3 aromatic rings. The highest BCUT2D eigenvalue weighted by Gasteiger charge is 2.25. The minimum absolute atomic E-state index is 0.0300. The molecule has 4 heterocycles. The summed E-state index contributed by atoms with van der Waals surface area (Å²) in [6, 6.07) is 5.03. The van der Waals surface area contributed by atoms with Crippen molar-refractivity contribution in [3.63, 3.8) is 0 Å². The molecule has 2 aromatic heterocycles. The van der Waals surface area contributed by atoms with Crippen LogP contribution in [0.1, 0.15) is 51.0 Å². The van der Waals surface area contributed by atoms with Crippen LogP contribution in [0.3, 0.4) is 0 Å². The van der Waals surface area contributed by atoms with Crippen LogP contribution >= 0.6 is 0 Å². The van der Waals surface area contributed by atoms with Crippen LogP contribution in [-0.2, 0) is 9.47 Å². The lowest BCUT2D eigenvalue weighted by molar-refractivity contribution is -0.384. The normalized spacial score (nSPS) is 22.8. The van der Waals surface area contributed by atoms with E-state index in [4.69, 9.17) is 9.47 Å². The number of imidazole rings is 1. The highest BCUT2D eigenvalue weighted by Crippen LogP contribution is 2.36. The molecule has 2 atom stereocenters. The first-order valence-electron chi connectivity index (χ1n) is 10.1. The summed E-state index contributed by atoms with van der Waals surface area (Å²) in [5.41, 5.74) is 2.92. The molecule has 0 radical (unpaired) electrons. The number of hydrogen-bond donors (Lipinski definition) is 0. The molecule has 2 saturated heterocycles. The molecule has 2 unspecified atom stereocenters. The van der Waals surface area contributed by atoms with E-state index in [2.05, 4.69) is 10.1 Å². The lowest BCUT2D eigenvalue weighted by atomic mass is 10.1. The molecule has 9 heteroatoms. The maximum atomic E-state index is 11.7. The van der Waals surface area contributed by atoms with Crippen LogP contribution in [0, 0.1) is 10.1 Å². The summed E-state index contributed by atoms with van der Waals surface area (Å²) < 4.78 is 15.5. The second-order valence-corrected chi connectivity index (χ2v) is 7.57. The Bertz CT molecular complexity index is 1030. The summed E-state index contributed by atoms with van der Waals surface area (Å²) in [4.78, 5) is 15.9. The second kappa shape index (κ2) is 7.57. The van der Waals surface area contributed by atoms with Crippen LogP contribution in [0.4, 0.5) is 5.69 Å². The summed E-state index contributed by atoms with van der Waals surface area (Å²) in [5.74, 6) is 0. The van der Waals surface area contributed by atoms with E-state index in [0.29, 0.717) is 29.8 Å². The van der Waals surface area contributed by atoms with Crippen LogP contribution in [0.5, 0.6) is 0 Å². The van der Waals surface area contributed by atoms with Crippen molar-refractivity contribution in [2.24, 2.45) is 0 Å². The predicted molar refractivity (Wildman–Crippen MR) is 105 cm³/mol. The molecule has 152 valence electrons. The number of aromatic nitrogens is 4. The molecule has 0 saturated carbocycles. The van der Waals surface area contributed by atoms with Gasteiger partial charge < -0.3 is 14.0 Å². The zero-order chi connectivity index (χ0) is 19.8. The van der Waals surface area contributed by atoms with Crippen molar-refractivity contribution in [1.82, 2.24) is 19.3 Å². The maximum Gasteiger partial charge on any atom is 0.272 e. The molecule has 0 amide bonds. The second-order valence-electron chi connectivity index (χ2n) is 7.57. The van der Waals surface area contributed by atoms with Crippen LogP contribution in [0.2, 0.25) is 0 Å². The fourth-order valence-electron chi connectivity index (χ4n) is 4.27. The molecular formula is C20H23N5O4. The number of hydrogen-bond acceptors (Lipinski definition) is 6. The Morgan fingerprint density at radius 3 is 2.52 bits per heavy atom. The molecule has 0 bridgehead atoms. The van der Waals surface area contributed by atoms with Crippen LogP contribution in [0.15, 0.2) is 30.7 Å². The molecular weight excluding hydrogens is 374 g/mol. The highest BCUT2D eigenvalue weighted by molar-refractivity contribution is 5.93. The van der Waals surface area contributed by atoms with Gasteiger partial charge in [-0.2, -0.15) is 5.10 Å². The van der Waals surface area contributed by atoms with Gasteiger partial charge in [0.05, 0.1) is 28.0 Å². The first kappa shape index (κ1) is 18.3. The predicted octanol–water partition coefficient (Wildman–Crippen LogP) is 4.21. The number of non-ortho nitro benzene ring substituents is 1. The standard InChI is InChI=1S/C20H23N5O4/c26-25(27)14-11-15(16-7-8-22-24(16)19-6-2-4-10-29-19)20-17(12-14)23(13-21-20)18-5-1-3-9-28-18/h7-8,11-13,18-19H,1-6,9-10H2. The average Bonchev–Trinajstić information content (AvgIpc) is 3.41. The van der Waals surface area contributed by atoms with Crippen molar-refractivity contribution in [3.05, 3.63) is 40.8 Å². The van der Waals surface area contributed by atoms with Crippen molar-refractivity contribution in [3.8, 4) is 11.3 Å². The fourth-order valence-corrected chi connectivity index (χ4v) is 4.27. The number of benzene rings is 1. The Balaban J connectivity index is 1.65. The smallest absolute Gasteiger partial charge is 0.272 e. The van der Waals surface area contributed by atoms with Crippen LogP contribution in [-0.4, -0.2) is 37.5 Å². The SMILES string of the molecule is O=[N+]([O-])c1cc(-c2ccnn2C2CCCCO2)c2ncn(C3CCCCO3)c2c1. The first-order chi connectivity index (χ1) is 14.2. The Kier molecular flexibility index (Phi) is 4.76. The highest BCUT2D eigenvalue weighted by atomic mass is 16.6. The average molecular weight is 397 g/mol. The maximum absolute atomic E-state index is 11.7. The number of fused-ring (bicyclic) bond motifs is 1. The summed E-state index contributed by atoms with van der Waals surface area (Å²) in [6.45, 7) is 1.39. The molecule has 0 aliphatic carbocycles. The van der Waals surface area contributed by atoms with Gasteiger partial charge in [0.1, 0.15) is 6.23 Å². The monoisotopic (exact) mass is 397 g/mol. The molecule has 2 aliphatic heterocycles. The zero-order valence-electron chi connectivity index (χ0n) is 16.1. The quantitative estimate of drug-likeness (QED) is 0.483. The van der Waals surface area contributed by atoms with E-state index in [-0.39, 0.29) is 23.1 Å². The van der Waals surface area contributed by atoms with Gasteiger partial charge in [0.25, 0.3) is 5.69 Å². The minimum atomic E-state index is -0.361. The van der Waals surface area contributed by atoms with Crippen molar-refractivity contribution < 1.29 is 14.4 Å². The Morgan fingerprint density at radius 1 is 1.07 bits per heavy atom. The first-order valence-corrected chi connectivity index (χ1v) is 10.1. The number of ether oxygens (including phenoxy) is 2. The topological polar surface area (TPSA) is 97.2 Å². The Hall–Kier alpha value is -2.78. The van der Waals surface area contributed by atoms with E-state index in [9.17, 15) is 10.1 Å². The van der Waals surface area contributed by atoms with Gasteiger partial charge in [-0.3, -0.25) is 10.1 Å². The van der Waals surface area contributed by atoms with E-state index in [1.54, 1.807) is 24.7 Å². The molecule has 29 heavy (non-hydrogen) atoms. The van der Waals surface area contributed by atoms with Gasteiger partial charge in [-0.05, 0) is 44.6 Å². The van der Waals surface area contributed by atoms with Crippen LogP contribution < -0.4 is 0 Å². The number of nitro benzene ring substituents is 1. The number of nitro groups is 1. The number of rotatable bonds is 4. The molecule has 9 nitrogen and oxygen atoms in total. The molecule has 0 spiro atoms. The van der Waals surface area contributed by atoms with Gasteiger partial charge >= 0.3 is 0 Å². The van der Waals surface area contributed by atoms with E-state index in [1.807, 2.05) is 15.3 Å². The molecule has 5 rings (SSSR count). The van der Waals surface area contributed by atoms with Gasteiger partial charge in [0, 0.05) is 37.1 Å². The van der Waals surface area contributed by atoms with Crippen molar-refractivity contribution in [2.45, 2.75) is 51.0 Å².